The summed E-state index contributed by atoms with van der Waals surface area (Å²) in [6.45, 7) is 1.61. The van der Waals surface area contributed by atoms with Crippen molar-refractivity contribution in [1.29, 1.82) is 0 Å². The topological polar surface area (TPSA) is 81.4 Å². The monoisotopic (exact) mass is 461 g/mol. The highest BCUT2D eigenvalue weighted by Gasteiger charge is 2.31. The molecule has 1 N–H and O–H groups in total. The third-order valence-electron chi connectivity index (χ3n) is 4.81. The molecule has 0 aliphatic carbocycles. The second-order valence-corrected chi connectivity index (χ2v) is 7.21. The zero-order chi connectivity index (χ0) is 23.0. The van der Waals surface area contributed by atoms with Crippen LogP contribution >= 0.6 is 11.6 Å². The van der Waals surface area contributed by atoms with Gasteiger partial charge in [0.15, 0.2) is 11.3 Å². The maximum Gasteiger partial charge on any atom is 0.416 e. The minimum atomic E-state index is -4.58. The normalized spacial score (nSPS) is 11.6. The average Bonchev–Trinajstić information content (AvgIpc) is 3.20. The minimum Gasteiger partial charge on any atom is -0.497 e. The Kier molecular flexibility index (Phi) is 5.47. The van der Waals surface area contributed by atoms with E-state index in [1.54, 1.807) is 32.4 Å². The van der Waals surface area contributed by atoms with Gasteiger partial charge in [0.1, 0.15) is 5.75 Å². The predicted octanol–water partition coefficient (Wildman–Crippen LogP) is 5.03. The Hall–Kier alpha value is -3.66. The number of alkyl halides is 3. The van der Waals surface area contributed by atoms with Gasteiger partial charge in [0.05, 0.1) is 35.3 Å². The quantitative estimate of drug-likeness (QED) is 0.461. The molecule has 0 bridgehead atoms. The van der Waals surface area contributed by atoms with Crippen LogP contribution in [-0.4, -0.2) is 32.8 Å². The summed E-state index contributed by atoms with van der Waals surface area (Å²) >= 11 is 5.96. The van der Waals surface area contributed by atoms with Crippen molar-refractivity contribution in [3.05, 3.63) is 70.6 Å². The Morgan fingerprint density at radius 1 is 1.12 bits per heavy atom. The van der Waals surface area contributed by atoms with Gasteiger partial charge in [0.2, 0.25) is 0 Å². The first-order valence-corrected chi connectivity index (χ1v) is 9.60. The molecular weight excluding hydrogens is 447 g/mol. The molecule has 11 heteroatoms. The highest BCUT2D eigenvalue weighted by Crippen LogP contribution is 2.34. The van der Waals surface area contributed by atoms with E-state index in [1.165, 1.54) is 4.52 Å². The van der Waals surface area contributed by atoms with Gasteiger partial charge < -0.3 is 10.1 Å². The van der Waals surface area contributed by atoms with Gasteiger partial charge >= 0.3 is 6.18 Å². The van der Waals surface area contributed by atoms with Gasteiger partial charge in [-0.3, -0.25) is 4.79 Å². The van der Waals surface area contributed by atoms with Gasteiger partial charge in [-0.25, -0.2) is 4.52 Å². The van der Waals surface area contributed by atoms with E-state index in [1.807, 2.05) is 12.1 Å². The van der Waals surface area contributed by atoms with Crippen LogP contribution in [0.15, 0.2) is 48.7 Å². The number of hydrogen-bond acceptors (Lipinski definition) is 5. The Morgan fingerprint density at radius 3 is 2.50 bits per heavy atom. The molecule has 0 fully saturated rings. The van der Waals surface area contributed by atoms with Gasteiger partial charge in [-0.2, -0.15) is 18.3 Å². The van der Waals surface area contributed by atoms with Crippen LogP contribution in [0.4, 0.5) is 18.9 Å². The van der Waals surface area contributed by atoms with Crippen LogP contribution < -0.4 is 10.1 Å². The summed E-state index contributed by atoms with van der Waals surface area (Å²) in [7, 11) is 1.57. The lowest BCUT2D eigenvalue weighted by molar-refractivity contribution is -0.137. The van der Waals surface area contributed by atoms with Crippen molar-refractivity contribution in [1.82, 2.24) is 19.8 Å². The van der Waals surface area contributed by atoms with E-state index >= 15 is 0 Å². The number of amides is 1. The molecule has 0 radical (unpaired) electrons. The van der Waals surface area contributed by atoms with E-state index < -0.39 is 17.6 Å². The van der Waals surface area contributed by atoms with E-state index in [-0.39, 0.29) is 16.4 Å². The van der Waals surface area contributed by atoms with E-state index in [0.29, 0.717) is 22.7 Å². The third-order valence-corrected chi connectivity index (χ3v) is 5.14. The van der Waals surface area contributed by atoms with Crippen LogP contribution in [0.2, 0.25) is 5.02 Å². The van der Waals surface area contributed by atoms with Crippen molar-refractivity contribution < 1.29 is 22.7 Å². The predicted molar refractivity (Wildman–Crippen MR) is 112 cm³/mol. The Morgan fingerprint density at radius 2 is 1.84 bits per heavy atom. The summed E-state index contributed by atoms with van der Waals surface area (Å²) in [4.78, 5) is 12.7. The molecule has 0 aliphatic rings. The number of ether oxygens (including phenoxy) is 1. The second kappa shape index (κ2) is 8.12. The molecule has 4 aromatic rings. The average molecular weight is 462 g/mol. The molecule has 2 aromatic heterocycles. The molecule has 0 saturated carbocycles. The van der Waals surface area contributed by atoms with Gasteiger partial charge in [-0.1, -0.05) is 23.7 Å². The van der Waals surface area contributed by atoms with Crippen molar-refractivity contribution in [2.45, 2.75) is 13.1 Å². The summed E-state index contributed by atoms with van der Waals surface area (Å²) in [5.74, 6) is -0.0701. The maximum absolute atomic E-state index is 13.0. The number of fused-ring (bicyclic) bond motifs is 1. The molecule has 0 unspecified atom stereocenters. The van der Waals surface area contributed by atoms with E-state index in [9.17, 15) is 18.0 Å². The lowest BCUT2D eigenvalue weighted by Gasteiger charge is -2.12. The van der Waals surface area contributed by atoms with Crippen LogP contribution in [0, 0.1) is 6.92 Å². The van der Waals surface area contributed by atoms with Crippen LogP contribution in [0.3, 0.4) is 0 Å². The number of nitrogens with one attached hydrogen (secondary N) is 1. The van der Waals surface area contributed by atoms with Crippen LogP contribution in [0.1, 0.15) is 21.7 Å². The molecule has 32 heavy (non-hydrogen) atoms. The standard InChI is InChI=1S/C21H15ClF3N5O2/c1-11-18(20(31)27-17-9-13(21(23,24)25)5-8-16(17)22)28-29-19-15(10-26-30(11)19)12-3-6-14(32-2)7-4-12/h3-10H,1-2H3,(H,27,31). The molecule has 1 amide bonds. The zero-order valence-corrected chi connectivity index (χ0v) is 17.5. The summed E-state index contributed by atoms with van der Waals surface area (Å²) < 4.78 is 45.6. The zero-order valence-electron chi connectivity index (χ0n) is 16.7. The molecule has 4 rings (SSSR count). The molecule has 0 aliphatic heterocycles. The molecule has 0 saturated heterocycles. The number of carbonyl (C=O) groups excluding carboxylic acids is 1. The van der Waals surface area contributed by atoms with Crippen molar-refractivity contribution in [3.8, 4) is 16.9 Å². The number of aromatic nitrogens is 4. The fourth-order valence-electron chi connectivity index (χ4n) is 3.12. The fourth-order valence-corrected chi connectivity index (χ4v) is 3.28. The van der Waals surface area contributed by atoms with Crippen molar-refractivity contribution >= 4 is 28.8 Å². The first-order chi connectivity index (χ1) is 15.2. The van der Waals surface area contributed by atoms with Gasteiger partial charge in [0, 0.05) is 5.56 Å². The number of anilines is 1. The number of nitrogens with zero attached hydrogens (tertiary/aromatic N) is 4. The van der Waals surface area contributed by atoms with Gasteiger partial charge in [-0.15, -0.1) is 10.2 Å². The summed E-state index contributed by atoms with van der Waals surface area (Å²) in [5.41, 5.74) is 1.06. The van der Waals surface area contributed by atoms with Crippen molar-refractivity contribution in [3.63, 3.8) is 0 Å². The van der Waals surface area contributed by atoms with Crippen LogP contribution in [0.5, 0.6) is 5.75 Å². The minimum absolute atomic E-state index is 0.0427. The van der Waals surface area contributed by atoms with Crippen LogP contribution in [0.25, 0.3) is 16.8 Å². The number of aryl methyl sites for hydroxylation is 1. The molecule has 0 atom stereocenters. The number of carbonyl (C=O) groups is 1. The van der Waals surface area contributed by atoms with Gasteiger partial charge in [0.25, 0.3) is 5.91 Å². The van der Waals surface area contributed by atoms with Gasteiger partial charge in [-0.05, 0) is 42.8 Å². The number of halogens is 4. The largest absolute Gasteiger partial charge is 0.497 e. The molecule has 164 valence electrons. The molecule has 2 heterocycles. The van der Waals surface area contributed by atoms with Crippen molar-refractivity contribution in [2.24, 2.45) is 0 Å². The van der Waals surface area contributed by atoms with E-state index in [4.69, 9.17) is 16.3 Å². The first-order valence-electron chi connectivity index (χ1n) is 9.22. The Labute approximate surface area is 184 Å². The van der Waals surface area contributed by atoms with Crippen molar-refractivity contribution in [2.75, 3.05) is 12.4 Å². The number of rotatable bonds is 4. The summed E-state index contributed by atoms with van der Waals surface area (Å²) in [6, 6.07) is 9.92. The number of benzene rings is 2. The molecule has 2 aromatic carbocycles. The number of methoxy groups -OCH3 is 1. The molecule has 7 nitrogen and oxygen atoms in total. The summed E-state index contributed by atoms with van der Waals surface area (Å²) in [5, 5.41) is 14.7. The fraction of sp³-hybridized carbons (Fsp3) is 0.143. The molecule has 0 spiro atoms. The summed E-state index contributed by atoms with van der Waals surface area (Å²) in [6.07, 6.45) is -2.99. The second-order valence-electron chi connectivity index (χ2n) is 6.80. The highest BCUT2D eigenvalue weighted by atomic mass is 35.5. The van der Waals surface area contributed by atoms with E-state index in [0.717, 1.165) is 23.8 Å². The maximum atomic E-state index is 13.0. The molecular formula is C21H15ClF3N5O2. The number of hydrogen-bond donors (Lipinski definition) is 1. The third kappa shape index (κ3) is 3.96. The van der Waals surface area contributed by atoms with E-state index in [2.05, 4.69) is 20.6 Å². The Bertz CT molecular complexity index is 1320. The lowest BCUT2D eigenvalue weighted by atomic mass is 10.1. The smallest absolute Gasteiger partial charge is 0.416 e. The first kappa shape index (κ1) is 21.6. The van der Waals surface area contributed by atoms with Crippen LogP contribution in [-0.2, 0) is 6.18 Å². The highest BCUT2D eigenvalue weighted by molar-refractivity contribution is 6.34. The lowest BCUT2D eigenvalue weighted by Crippen LogP contribution is -2.19. The SMILES string of the molecule is COc1ccc(-c2cnn3c(C)c(C(=O)Nc4cc(C(F)(F)F)ccc4Cl)nnc23)cc1. The Balaban J connectivity index is 1.67.